The van der Waals surface area contributed by atoms with Gasteiger partial charge in [-0.05, 0) is 104 Å². The van der Waals surface area contributed by atoms with Crippen LogP contribution in [-0.2, 0) is 21.0 Å². The molecule has 0 N–H and O–H groups in total. The molecule has 1 atom stereocenters. The summed E-state index contributed by atoms with van der Waals surface area (Å²) in [6, 6.07) is 43.7. The predicted molar refractivity (Wildman–Crippen MR) is 216 cm³/mol. The Labute approximate surface area is 322 Å². The molecule has 5 nitrogen and oxygen atoms in total. The molecular formula is C41H27F3O5S5. The van der Waals surface area contributed by atoms with Crippen molar-refractivity contribution in [2.24, 2.45) is 0 Å². The Morgan fingerprint density at radius 1 is 0.593 bits per heavy atom. The third-order valence-corrected chi connectivity index (χ3v) is 14.6. The van der Waals surface area contributed by atoms with Gasteiger partial charge in [0.05, 0.1) is 10.9 Å². The lowest BCUT2D eigenvalue weighted by Crippen LogP contribution is -2.21. The molecule has 0 bridgehead atoms. The lowest BCUT2D eigenvalue weighted by molar-refractivity contribution is -0.0517. The van der Waals surface area contributed by atoms with E-state index in [1.165, 1.54) is 20.9 Å². The maximum Gasteiger partial charge on any atom is 0.485 e. The van der Waals surface area contributed by atoms with E-state index in [-0.39, 0.29) is 10.9 Å². The molecule has 0 amide bonds. The summed E-state index contributed by atoms with van der Waals surface area (Å²) in [6.07, 6.45) is 0. The van der Waals surface area contributed by atoms with Gasteiger partial charge in [0.15, 0.2) is 35.7 Å². The topological polar surface area (TPSA) is 91.3 Å². The van der Waals surface area contributed by atoms with Crippen molar-refractivity contribution >= 4 is 95.8 Å². The highest BCUT2D eigenvalue weighted by atomic mass is 32.2. The third kappa shape index (κ3) is 7.70. The van der Waals surface area contributed by atoms with Crippen molar-refractivity contribution in [3.8, 4) is 0 Å². The summed E-state index contributed by atoms with van der Waals surface area (Å²) in [6.45, 7) is 4.30. The maximum absolute atomic E-state index is 13.6. The summed E-state index contributed by atoms with van der Waals surface area (Å²) in [4.78, 5) is 32.7. The van der Waals surface area contributed by atoms with Crippen molar-refractivity contribution in [3.63, 3.8) is 0 Å². The standard InChI is InChI=1S/C40H27O2S4.CHF3O3S/c1-24-8-7-9-28(20-24)46(29-16-18-37-33(23-29)40(42)31-11-4-6-13-35(31)45-37)38-19-15-26(21-25(38)2)43-27-14-17-36-32(22-27)39(41)30-10-3-5-12-34(30)44-36;2-1(3,4)8(5,6)7/h3-23H,1-2H3;(H,5,6,7)/q+1;/p-1. The van der Waals surface area contributed by atoms with Crippen molar-refractivity contribution in [1.82, 2.24) is 0 Å². The van der Waals surface area contributed by atoms with Gasteiger partial charge >= 0.3 is 5.51 Å². The smallest absolute Gasteiger partial charge is 0.485 e. The quantitative estimate of drug-likeness (QED) is 0.0743. The minimum atomic E-state index is -6.09. The van der Waals surface area contributed by atoms with Crippen LogP contribution in [0.3, 0.4) is 0 Å². The summed E-state index contributed by atoms with van der Waals surface area (Å²) in [7, 11) is -6.50. The number of alkyl halides is 3. The van der Waals surface area contributed by atoms with Gasteiger partial charge in [0.1, 0.15) is 0 Å². The fourth-order valence-electron chi connectivity index (χ4n) is 5.94. The molecule has 13 heteroatoms. The van der Waals surface area contributed by atoms with Crippen LogP contribution in [0.2, 0.25) is 0 Å². The Hall–Kier alpha value is -4.50. The zero-order valence-corrected chi connectivity index (χ0v) is 32.4. The molecule has 2 heterocycles. The molecule has 0 aliphatic carbocycles. The van der Waals surface area contributed by atoms with Gasteiger partial charge in [-0.1, -0.05) is 48.2 Å². The lowest BCUT2D eigenvalue weighted by Gasteiger charge is -2.13. The summed E-state index contributed by atoms with van der Waals surface area (Å²) >= 11 is 5.01. The highest BCUT2D eigenvalue weighted by molar-refractivity contribution is 7.99. The first-order valence-corrected chi connectivity index (χ1v) is 21.3. The second-order valence-electron chi connectivity index (χ2n) is 12.2. The molecule has 8 rings (SSSR count). The van der Waals surface area contributed by atoms with Gasteiger partial charge in [-0.25, -0.2) is 8.42 Å². The van der Waals surface area contributed by atoms with Crippen molar-refractivity contribution in [1.29, 1.82) is 0 Å². The van der Waals surface area contributed by atoms with Crippen LogP contribution in [-0.4, -0.2) is 18.5 Å². The molecule has 0 radical (unpaired) electrons. The molecule has 54 heavy (non-hydrogen) atoms. The van der Waals surface area contributed by atoms with E-state index in [9.17, 15) is 22.8 Å². The molecule has 0 saturated heterocycles. The molecule has 272 valence electrons. The van der Waals surface area contributed by atoms with Crippen LogP contribution in [0.25, 0.3) is 40.3 Å². The van der Waals surface area contributed by atoms with E-state index in [4.69, 9.17) is 13.0 Å². The Morgan fingerprint density at radius 3 is 1.67 bits per heavy atom. The number of rotatable bonds is 5. The largest absolute Gasteiger partial charge is 0.741 e. The molecule has 6 aromatic carbocycles. The number of hydrogen-bond acceptors (Lipinski definition) is 8. The van der Waals surface area contributed by atoms with Crippen molar-refractivity contribution in [2.75, 3.05) is 0 Å². The number of hydrogen-bond donors (Lipinski definition) is 0. The maximum atomic E-state index is 13.6. The Bertz CT molecular complexity index is 2980. The monoisotopic (exact) mass is 816 g/mol. The van der Waals surface area contributed by atoms with Crippen LogP contribution in [0.15, 0.2) is 161 Å². The van der Waals surface area contributed by atoms with Crippen LogP contribution in [0.5, 0.6) is 0 Å². The second-order valence-corrected chi connectivity index (χ2v) is 18.9. The molecule has 0 aliphatic rings. The molecular weight excluding hydrogens is 790 g/mol. The van der Waals surface area contributed by atoms with E-state index in [1.54, 1.807) is 34.4 Å². The van der Waals surface area contributed by atoms with Crippen LogP contribution in [0, 0.1) is 13.8 Å². The van der Waals surface area contributed by atoms with Gasteiger partial charge in [0.25, 0.3) is 0 Å². The van der Waals surface area contributed by atoms with E-state index in [0.29, 0.717) is 0 Å². The zero-order valence-electron chi connectivity index (χ0n) is 28.3. The first kappa shape index (κ1) is 37.8. The van der Waals surface area contributed by atoms with Crippen molar-refractivity contribution in [3.05, 3.63) is 159 Å². The normalized spacial score (nSPS) is 12.6. The fraction of sp³-hybridized carbons (Fsp3) is 0.0732. The van der Waals surface area contributed by atoms with Gasteiger partial charge in [0.2, 0.25) is 0 Å². The number of halogens is 3. The summed E-state index contributed by atoms with van der Waals surface area (Å²) in [5, 5.41) is 3.10. The van der Waals surface area contributed by atoms with Crippen LogP contribution in [0.1, 0.15) is 11.1 Å². The van der Waals surface area contributed by atoms with Gasteiger partial charge in [-0.3, -0.25) is 9.59 Å². The van der Waals surface area contributed by atoms with E-state index in [2.05, 4.69) is 86.6 Å². The van der Waals surface area contributed by atoms with Crippen LogP contribution in [0.4, 0.5) is 13.2 Å². The highest BCUT2D eigenvalue weighted by Gasteiger charge is 2.37. The van der Waals surface area contributed by atoms with Crippen LogP contribution >= 0.6 is 34.4 Å². The van der Waals surface area contributed by atoms with Gasteiger partial charge in [0, 0.05) is 61.8 Å². The SMILES string of the molecule is Cc1cccc([S+](c2ccc3sc4ccccc4c(=O)c3c2)c2ccc(Sc3ccc4sc5ccccc5c(=O)c4c3)cc2C)c1.O=S(=O)([O-])C(F)(F)F. The molecule has 1 unspecified atom stereocenters. The van der Waals surface area contributed by atoms with Crippen LogP contribution < -0.4 is 10.9 Å². The third-order valence-electron chi connectivity index (χ3n) is 8.44. The first-order chi connectivity index (χ1) is 25.7. The molecule has 0 spiro atoms. The Morgan fingerprint density at radius 2 is 1.09 bits per heavy atom. The summed E-state index contributed by atoms with van der Waals surface area (Å²) in [5.41, 5.74) is -3.07. The number of benzene rings is 6. The minimum absolute atomic E-state index is 0.0888. The van der Waals surface area contributed by atoms with Crippen molar-refractivity contribution < 1.29 is 26.1 Å². The molecule has 0 fully saturated rings. The van der Waals surface area contributed by atoms with Gasteiger partial charge in [-0.2, -0.15) is 13.2 Å². The summed E-state index contributed by atoms with van der Waals surface area (Å²) < 4.78 is 62.9. The van der Waals surface area contributed by atoms with E-state index in [1.807, 2.05) is 54.6 Å². The van der Waals surface area contributed by atoms with E-state index < -0.39 is 26.5 Å². The minimum Gasteiger partial charge on any atom is -0.741 e. The van der Waals surface area contributed by atoms with Gasteiger partial charge in [-0.15, -0.1) is 22.7 Å². The fourth-order valence-corrected chi connectivity index (χ4v) is 11.3. The van der Waals surface area contributed by atoms with Crippen molar-refractivity contribution in [2.45, 2.75) is 43.8 Å². The molecule has 2 aromatic heterocycles. The lowest BCUT2D eigenvalue weighted by atomic mass is 10.2. The molecule has 8 aromatic rings. The Balaban J connectivity index is 0.000000508. The number of aryl methyl sites for hydroxylation is 2. The summed E-state index contributed by atoms with van der Waals surface area (Å²) in [5.74, 6) is 0. The molecule has 0 aliphatic heterocycles. The number of fused-ring (bicyclic) bond motifs is 4. The molecule has 0 saturated carbocycles. The first-order valence-electron chi connectivity index (χ1n) is 16.2. The zero-order chi connectivity index (χ0) is 38.4. The van der Waals surface area contributed by atoms with E-state index in [0.717, 1.165) is 55.0 Å². The average Bonchev–Trinajstić information content (AvgIpc) is 3.13. The Kier molecular flexibility index (Phi) is 10.5. The van der Waals surface area contributed by atoms with E-state index >= 15 is 0 Å². The average molecular weight is 817 g/mol. The van der Waals surface area contributed by atoms with Gasteiger partial charge < -0.3 is 4.55 Å². The predicted octanol–water partition coefficient (Wildman–Crippen LogP) is 11.1. The highest BCUT2D eigenvalue weighted by Crippen LogP contribution is 2.39. The second kappa shape index (κ2) is 15.0.